The Morgan fingerprint density at radius 1 is 0.906 bits per heavy atom. The number of amides is 1. The Bertz CT molecular complexity index is 1190. The molecule has 0 aliphatic rings. The molecule has 1 N–H and O–H groups in total. The van der Waals surface area contributed by atoms with Gasteiger partial charge in [-0.1, -0.05) is 54.6 Å². The second kappa shape index (κ2) is 9.05. The summed E-state index contributed by atoms with van der Waals surface area (Å²) in [6.07, 6.45) is -1.28. The lowest BCUT2D eigenvalue weighted by Crippen LogP contribution is -2.23. The molecular weight excluding hydrogens is 417 g/mol. The van der Waals surface area contributed by atoms with E-state index in [2.05, 4.69) is 15.4 Å². The molecule has 0 fully saturated rings. The van der Waals surface area contributed by atoms with Crippen molar-refractivity contribution in [3.05, 3.63) is 108 Å². The number of hydrogen-bond acceptors (Lipinski definition) is 3. The summed E-state index contributed by atoms with van der Waals surface area (Å²) in [5.41, 5.74) is 2.76. The molecule has 0 saturated carbocycles. The third-order valence-electron chi connectivity index (χ3n) is 4.98. The fourth-order valence-electron chi connectivity index (χ4n) is 3.31. The summed E-state index contributed by atoms with van der Waals surface area (Å²) in [6.45, 7) is 0.928. The molecule has 0 unspecified atom stereocenters. The maximum atomic E-state index is 12.8. The molecule has 4 rings (SSSR count). The van der Waals surface area contributed by atoms with Crippen molar-refractivity contribution < 1.29 is 18.0 Å². The summed E-state index contributed by atoms with van der Waals surface area (Å²) in [4.78, 5) is 16.7. The summed E-state index contributed by atoms with van der Waals surface area (Å²) in [5.74, 6) is -0.299. The molecule has 0 bridgehead atoms. The highest BCUT2D eigenvalue weighted by atomic mass is 19.4. The molecule has 1 heterocycles. The summed E-state index contributed by atoms with van der Waals surface area (Å²) < 4.78 is 40.2. The van der Waals surface area contributed by atoms with Crippen LogP contribution in [-0.4, -0.2) is 20.7 Å². The SMILES string of the molecule is O=C(NCc1ccc(Cn2cncn2)cc1)c1ccccc1-c1ccc(C(F)(F)F)cc1. The van der Waals surface area contributed by atoms with Crippen LogP contribution in [0.1, 0.15) is 27.0 Å². The van der Waals surface area contributed by atoms with Gasteiger partial charge in [0.05, 0.1) is 12.1 Å². The Kier molecular flexibility index (Phi) is 6.02. The fraction of sp³-hybridized carbons (Fsp3) is 0.125. The van der Waals surface area contributed by atoms with Gasteiger partial charge in [0.25, 0.3) is 5.91 Å². The third-order valence-corrected chi connectivity index (χ3v) is 4.98. The van der Waals surface area contributed by atoms with Gasteiger partial charge in [0.1, 0.15) is 12.7 Å². The minimum Gasteiger partial charge on any atom is -0.348 e. The number of carbonyl (C=O) groups excluding carboxylic acids is 1. The molecule has 8 heteroatoms. The monoisotopic (exact) mass is 436 g/mol. The van der Waals surface area contributed by atoms with E-state index in [0.717, 1.165) is 23.3 Å². The van der Waals surface area contributed by atoms with Crippen LogP contribution in [0.25, 0.3) is 11.1 Å². The van der Waals surface area contributed by atoms with Gasteiger partial charge in [-0.2, -0.15) is 18.3 Å². The molecule has 5 nitrogen and oxygen atoms in total. The fourth-order valence-corrected chi connectivity index (χ4v) is 3.31. The third kappa shape index (κ3) is 5.03. The minimum absolute atomic E-state index is 0.299. The molecule has 0 atom stereocenters. The lowest BCUT2D eigenvalue weighted by Gasteiger charge is -2.12. The molecule has 1 amide bonds. The van der Waals surface area contributed by atoms with Crippen LogP contribution >= 0.6 is 0 Å². The number of hydrogen-bond donors (Lipinski definition) is 1. The molecule has 1 aromatic heterocycles. The number of carbonyl (C=O) groups is 1. The van der Waals surface area contributed by atoms with Crippen molar-refractivity contribution in [3.8, 4) is 11.1 Å². The number of aromatic nitrogens is 3. The zero-order valence-corrected chi connectivity index (χ0v) is 16.9. The Labute approximate surface area is 182 Å². The molecule has 0 aliphatic heterocycles. The van der Waals surface area contributed by atoms with E-state index in [0.29, 0.717) is 29.8 Å². The molecule has 0 radical (unpaired) electrons. The van der Waals surface area contributed by atoms with Crippen LogP contribution in [-0.2, 0) is 19.3 Å². The van der Waals surface area contributed by atoms with Crippen molar-refractivity contribution >= 4 is 5.91 Å². The van der Waals surface area contributed by atoms with Gasteiger partial charge in [0.15, 0.2) is 0 Å². The quantitative estimate of drug-likeness (QED) is 0.466. The van der Waals surface area contributed by atoms with E-state index in [1.165, 1.54) is 18.5 Å². The number of nitrogens with one attached hydrogen (secondary N) is 1. The van der Waals surface area contributed by atoms with Crippen LogP contribution in [0.2, 0.25) is 0 Å². The van der Waals surface area contributed by atoms with E-state index in [-0.39, 0.29) is 5.91 Å². The summed E-state index contributed by atoms with van der Waals surface area (Å²) in [5, 5.41) is 6.95. The van der Waals surface area contributed by atoms with Gasteiger partial charge in [-0.05, 0) is 40.5 Å². The Morgan fingerprint density at radius 2 is 1.59 bits per heavy atom. The maximum absolute atomic E-state index is 12.8. The normalized spacial score (nSPS) is 11.3. The smallest absolute Gasteiger partial charge is 0.348 e. The van der Waals surface area contributed by atoms with Gasteiger partial charge in [0.2, 0.25) is 0 Å². The Hall–Kier alpha value is -3.94. The van der Waals surface area contributed by atoms with E-state index in [1.54, 1.807) is 35.3 Å². The highest BCUT2D eigenvalue weighted by molar-refractivity contribution is 6.00. The lowest BCUT2D eigenvalue weighted by molar-refractivity contribution is -0.137. The van der Waals surface area contributed by atoms with Crippen molar-refractivity contribution in [1.82, 2.24) is 20.1 Å². The predicted molar refractivity (Wildman–Crippen MR) is 114 cm³/mol. The molecule has 0 spiro atoms. The van der Waals surface area contributed by atoms with Gasteiger partial charge in [-0.3, -0.25) is 4.79 Å². The molecule has 4 aromatic rings. The second-order valence-corrected chi connectivity index (χ2v) is 7.21. The van der Waals surface area contributed by atoms with Gasteiger partial charge in [-0.15, -0.1) is 0 Å². The largest absolute Gasteiger partial charge is 0.416 e. The molecule has 162 valence electrons. The zero-order valence-electron chi connectivity index (χ0n) is 16.9. The number of halogens is 3. The summed E-state index contributed by atoms with van der Waals surface area (Å²) in [6, 6.07) is 19.4. The Balaban J connectivity index is 1.44. The topological polar surface area (TPSA) is 59.8 Å². The number of nitrogens with zero attached hydrogens (tertiary/aromatic N) is 3. The lowest BCUT2D eigenvalue weighted by atomic mass is 9.98. The number of alkyl halides is 3. The number of benzene rings is 3. The van der Waals surface area contributed by atoms with E-state index in [1.807, 2.05) is 24.3 Å². The highest BCUT2D eigenvalue weighted by Gasteiger charge is 2.30. The van der Waals surface area contributed by atoms with Gasteiger partial charge >= 0.3 is 6.18 Å². The average Bonchev–Trinajstić information content (AvgIpc) is 3.31. The van der Waals surface area contributed by atoms with Crippen molar-refractivity contribution in [2.45, 2.75) is 19.3 Å². The van der Waals surface area contributed by atoms with Crippen LogP contribution < -0.4 is 5.32 Å². The van der Waals surface area contributed by atoms with Gasteiger partial charge in [-0.25, -0.2) is 9.67 Å². The standard InChI is InChI=1S/C24H19F3N4O/c25-24(26,27)20-11-9-19(10-12-20)21-3-1-2-4-22(21)23(32)29-13-17-5-7-18(8-6-17)14-31-16-28-15-30-31/h1-12,15-16H,13-14H2,(H,29,32). The summed E-state index contributed by atoms with van der Waals surface area (Å²) >= 11 is 0. The molecular formula is C24H19F3N4O. The molecule has 0 saturated heterocycles. The first-order valence-electron chi connectivity index (χ1n) is 9.85. The van der Waals surface area contributed by atoms with Crippen molar-refractivity contribution in [2.24, 2.45) is 0 Å². The Morgan fingerprint density at radius 3 is 2.25 bits per heavy atom. The predicted octanol–water partition coefficient (Wildman–Crippen LogP) is 4.94. The highest BCUT2D eigenvalue weighted by Crippen LogP contribution is 2.31. The zero-order chi connectivity index (χ0) is 22.6. The first-order valence-corrected chi connectivity index (χ1v) is 9.85. The summed E-state index contributed by atoms with van der Waals surface area (Å²) in [7, 11) is 0. The molecule has 32 heavy (non-hydrogen) atoms. The second-order valence-electron chi connectivity index (χ2n) is 7.21. The van der Waals surface area contributed by atoms with Crippen LogP contribution in [0.5, 0.6) is 0 Å². The average molecular weight is 436 g/mol. The van der Waals surface area contributed by atoms with E-state index in [4.69, 9.17) is 0 Å². The molecule has 0 aliphatic carbocycles. The van der Waals surface area contributed by atoms with Gasteiger partial charge in [0, 0.05) is 12.1 Å². The van der Waals surface area contributed by atoms with Crippen LogP contribution in [0, 0.1) is 0 Å². The molecule has 3 aromatic carbocycles. The van der Waals surface area contributed by atoms with E-state index < -0.39 is 11.7 Å². The first-order chi connectivity index (χ1) is 15.4. The van der Waals surface area contributed by atoms with Crippen molar-refractivity contribution in [1.29, 1.82) is 0 Å². The van der Waals surface area contributed by atoms with Gasteiger partial charge < -0.3 is 5.32 Å². The van der Waals surface area contributed by atoms with E-state index in [9.17, 15) is 18.0 Å². The number of rotatable bonds is 6. The van der Waals surface area contributed by atoms with Crippen LogP contribution in [0.3, 0.4) is 0 Å². The van der Waals surface area contributed by atoms with Crippen molar-refractivity contribution in [2.75, 3.05) is 0 Å². The minimum atomic E-state index is -4.40. The van der Waals surface area contributed by atoms with Crippen LogP contribution in [0.15, 0.2) is 85.5 Å². The first kappa shape index (κ1) is 21.3. The maximum Gasteiger partial charge on any atom is 0.416 e. The van der Waals surface area contributed by atoms with Crippen LogP contribution in [0.4, 0.5) is 13.2 Å². The van der Waals surface area contributed by atoms with E-state index >= 15 is 0 Å². The van der Waals surface area contributed by atoms with Crippen molar-refractivity contribution in [3.63, 3.8) is 0 Å².